The Balaban J connectivity index is 2.27. The van der Waals surface area contributed by atoms with Gasteiger partial charge in [0, 0.05) is 23.2 Å². The number of halogens is 2. The number of aryl methyl sites for hydroxylation is 1. The molecule has 2 rings (SSSR count). The first-order valence-corrected chi connectivity index (χ1v) is 8.06. The Morgan fingerprint density at radius 2 is 2.00 bits per heavy atom. The quantitative estimate of drug-likeness (QED) is 0.839. The Labute approximate surface area is 141 Å². The lowest BCUT2D eigenvalue weighted by atomic mass is 10.1. The first-order chi connectivity index (χ1) is 10.9. The van der Waals surface area contributed by atoms with E-state index in [2.05, 4.69) is 10.3 Å². The van der Waals surface area contributed by atoms with Crippen LogP contribution in [0.4, 0.5) is 4.39 Å². The molecule has 23 heavy (non-hydrogen) atoms. The monoisotopic (exact) mass is 336 g/mol. The molecule has 0 radical (unpaired) electrons. The number of nitrogens with zero attached hydrogens (tertiary/aromatic N) is 1. The predicted molar refractivity (Wildman–Crippen MR) is 91.9 cm³/mol. The minimum absolute atomic E-state index is 0.00266. The van der Waals surface area contributed by atoms with E-state index in [-0.39, 0.29) is 30.9 Å². The van der Waals surface area contributed by atoms with Crippen LogP contribution in [-0.4, -0.2) is 22.7 Å². The van der Waals surface area contributed by atoms with Crippen LogP contribution in [0.5, 0.6) is 0 Å². The molecule has 3 nitrogen and oxygen atoms in total. The summed E-state index contributed by atoms with van der Waals surface area (Å²) in [6.45, 7) is 6.23. The molecular formula is C18H22ClFN2O. The number of aliphatic hydroxyl groups is 1. The summed E-state index contributed by atoms with van der Waals surface area (Å²) < 4.78 is 14.0. The second-order valence-electron chi connectivity index (χ2n) is 6.02. The van der Waals surface area contributed by atoms with E-state index >= 15 is 0 Å². The lowest BCUT2D eigenvalue weighted by Crippen LogP contribution is -2.36. The highest BCUT2D eigenvalue weighted by Crippen LogP contribution is 2.28. The number of aromatic nitrogens is 1. The van der Waals surface area contributed by atoms with Crippen molar-refractivity contribution in [2.75, 3.05) is 6.61 Å². The molecule has 1 aromatic heterocycles. The zero-order valence-corrected chi connectivity index (χ0v) is 14.4. The van der Waals surface area contributed by atoms with Gasteiger partial charge in [0.1, 0.15) is 5.82 Å². The summed E-state index contributed by atoms with van der Waals surface area (Å²) in [5.41, 5.74) is 2.81. The summed E-state index contributed by atoms with van der Waals surface area (Å²) in [5, 5.41) is 13.1. The van der Waals surface area contributed by atoms with Crippen molar-refractivity contribution >= 4 is 11.6 Å². The number of benzene rings is 1. The maximum absolute atomic E-state index is 14.0. The van der Waals surface area contributed by atoms with Gasteiger partial charge in [0.15, 0.2) is 0 Å². The second kappa shape index (κ2) is 7.86. The molecule has 0 saturated heterocycles. The van der Waals surface area contributed by atoms with E-state index in [4.69, 9.17) is 11.6 Å². The van der Waals surface area contributed by atoms with Crippen LogP contribution in [-0.2, 0) is 6.54 Å². The molecule has 124 valence electrons. The van der Waals surface area contributed by atoms with Crippen LogP contribution in [0, 0.1) is 18.7 Å². The summed E-state index contributed by atoms with van der Waals surface area (Å²) in [6, 6.07) is 8.61. The van der Waals surface area contributed by atoms with Crippen LogP contribution < -0.4 is 5.32 Å². The second-order valence-corrected chi connectivity index (χ2v) is 6.43. The maximum Gasteiger partial charge on any atom is 0.146 e. The molecule has 1 heterocycles. The van der Waals surface area contributed by atoms with Gasteiger partial charge in [0.2, 0.25) is 0 Å². The van der Waals surface area contributed by atoms with Gasteiger partial charge >= 0.3 is 0 Å². The molecule has 2 N–H and O–H groups in total. The highest BCUT2D eigenvalue weighted by molar-refractivity contribution is 6.33. The van der Waals surface area contributed by atoms with Crippen molar-refractivity contribution in [3.8, 4) is 11.3 Å². The Morgan fingerprint density at radius 3 is 2.65 bits per heavy atom. The molecule has 0 unspecified atom stereocenters. The minimum Gasteiger partial charge on any atom is -0.395 e. The molecule has 0 aliphatic rings. The average molecular weight is 337 g/mol. The highest BCUT2D eigenvalue weighted by Gasteiger charge is 2.14. The van der Waals surface area contributed by atoms with Gasteiger partial charge in [-0.15, -0.1) is 0 Å². The van der Waals surface area contributed by atoms with Gasteiger partial charge in [-0.25, -0.2) is 9.37 Å². The van der Waals surface area contributed by atoms with Crippen molar-refractivity contribution in [1.29, 1.82) is 0 Å². The fourth-order valence-corrected chi connectivity index (χ4v) is 2.55. The number of aliphatic hydroxyl groups excluding tert-OH is 1. The molecule has 0 fully saturated rings. The van der Waals surface area contributed by atoms with Crippen molar-refractivity contribution in [3.63, 3.8) is 0 Å². The van der Waals surface area contributed by atoms with Crippen LogP contribution in [0.15, 0.2) is 30.3 Å². The number of pyridine rings is 1. The van der Waals surface area contributed by atoms with Crippen molar-refractivity contribution in [3.05, 3.63) is 52.4 Å². The van der Waals surface area contributed by atoms with Gasteiger partial charge in [-0.2, -0.15) is 0 Å². The largest absolute Gasteiger partial charge is 0.395 e. The Kier molecular flexibility index (Phi) is 6.10. The van der Waals surface area contributed by atoms with E-state index < -0.39 is 0 Å². The number of hydrogen-bond donors (Lipinski definition) is 2. The van der Waals surface area contributed by atoms with Gasteiger partial charge in [-0.1, -0.05) is 37.1 Å². The third-order valence-corrected chi connectivity index (χ3v) is 4.18. The smallest absolute Gasteiger partial charge is 0.146 e. The predicted octanol–water partition coefficient (Wildman–Crippen LogP) is 3.96. The lowest BCUT2D eigenvalue weighted by Gasteiger charge is -2.20. The molecular weight excluding hydrogens is 315 g/mol. The van der Waals surface area contributed by atoms with E-state index in [1.165, 1.54) is 6.07 Å². The van der Waals surface area contributed by atoms with E-state index in [1.54, 1.807) is 6.07 Å². The van der Waals surface area contributed by atoms with Crippen LogP contribution in [0.25, 0.3) is 11.3 Å². The lowest BCUT2D eigenvalue weighted by molar-refractivity contribution is 0.209. The fraction of sp³-hybridized carbons (Fsp3) is 0.389. The molecule has 1 atom stereocenters. The van der Waals surface area contributed by atoms with E-state index in [0.717, 1.165) is 11.1 Å². The topological polar surface area (TPSA) is 45.1 Å². The van der Waals surface area contributed by atoms with Crippen molar-refractivity contribution in [1.82, 2.24) is 10.3 Å². The molecule has 0 aliphatic heterocycles. The molecule has 0 spiro atoms. The third kappa shape index (κ3) is 4.50. The number of hydrogen-bond acceptors (Lipinski definition) is 3. The Hall–Kier alpha value is -1.49. The van der Waals surface area contributed by atoms with Crippen molar-refractivity contribution in [2.24, 2.45) is 5.92 Å². The van der Waals surface area contributed by atoms with Gasteiger partial charge < -0.3 is 10.4 Å². The summed E-state index contributed by atoms with van der Waals surface area (Å²) in [7, 11) is 0. The zero-order chi connectivity index (χ0) is 17.0. The van der Waals surface area contributed by atoms with E-state index in [1.807, 2.05) is 39.0 Å². The van der Waals surface area contributed by atoms with Crippen LogP contribution in [0.1, 0.15) is 25.1 Å². The molecule has 2 aromatic rings. The molecule has 5 heteroatoms. The molecule has 0 saturated carbocycles. The SMILES string of the molecule is Cc1ccc(Cl)c(-c2ccc(F)c(CN[C@@H](CO)C(C)C)n2)c1. The summed E-state index contributed by atoms with van der Waals surface area (Å²) in [4.78, 5) is 4.41. The molecule has 1 aromatic carbocycles. The van der Waals surface area contributed by atoms with Gasteiger partial charge in [-0.3, -0.25) is 0 Å². The van der Waals surface area contributed by atoms with Gasteiger partial charge in [0.05, 0.1) is 18.0 Å². The maximum atomic E-state index is 14.0. The van der Waals surface area contributed by atoms with Crippen molar-refractivity contribution < 1.29 is 9.50 Å². The Bertz CT molecular complexity index is 676. The van der Waals surface area contributed by atoms with Gasteiger partial charge in [0.25, 0.3) is 0 Å². The van der Waals surface area contributed by atoms with Crippen LogP contribution in [0.3, 0.4) is 0 Å². The zero-order valence-electron chi connectivity index (χ0n) is 13.6. The molecule has 0 amide bonds. The van der Waals surface area contributed by atoms with Crippen LogP contribution >= 0.6 is 11.6 Å². The van der Waals surface area contributed by atoms with Crippen LogP contribution in [0.2, 0.25) is 5.02 Å². The molecule has 0 bridgehead atoms. The first-order valence-electron chi connectivity index (χ1n) is 7.68. The van der Waals surface area contributed by atoms with E-state index in [0.29, 0.717) is 16.4 Å². The van der Waals surface area contributed by atoms with E-state index in [9.17, 15) is 9.50 Å². The van der Waals surface area contributed by atoms with Gasteiger partial charge in [-0.05, 0) is 37.1 Å². The Morgan fingerprint density at radius 1 is 1.26 bits per heavy atom. The van der Waals surface area contributed by atoms with Crippen molar-refractivity contribution in [2.45, 2.75) is 33.4 Å². The first kappa shape index (κ1) is 17.9. The number of rotatable bonds is 6. The number of nitrogens with one attached hydrogen (secondary N) is 1. The highest BCUT2D eigenvalue weighted by atomic mass is 35.5. The average Bonchev–Trinajstić information content (AvgIpc) is 2.51. The summed E-state index contributed by atoms with van der Waals surface area (Å²) >= 11 is 6.23. The summed E-state index contributed by atoms with van der Waals surface area (Å²) in [6.07, 6.45) is 0. The minimum atomic E-state index is -0.370. The standard InChI is InChI=1S/C18H22ClFN2O/c1-11(2)18(10-23)21-9-17-15(20)6-7-16(22-17)13-8-12(3)4-5-14(13)19/h4-8,11,18,21,23H,9-10H2,1-3H3/t18-/m0/s1. The normalized spacial score (nSPS) is 12.7. The third-order valence-electron chi connectivity index (χ3n) is 3.85. The molecule has 0 aliphatic carbocycles. The summed E-state index contributed by atoms with van der Waals surface area (Å²) in [5.74, 6) is -0.122. The fourth-order valence-electron chi connectivity index (χ4n) is 2.33.